The zero-order valence-electron chi connectivity index (χ0n) is 27.9. The molecule has 7 rings (SSSR count). The predicted molar refractivity (Wildman–Crippen MR) is 192 cm³/mol. The van der Waals surface area contributed by atoms with Crippen LogP contribution < -0.4 is 16.0 Å². The Bertz CT molecular complexity index is 2350. The summed E-state index contributed by atoms with van der Waals surface area (Å²) in [5.74, 6) is 0.238. The largest absolute Gasteiger partial charge is 0.455 e. The van der Waals surface area contributed by atoms with Gasteiger partial charge in [-0.1, -0.05) is 48.5 Å². The number of para-hydroxylation sites is 2. The Kier molecular flexibility index (Phi) is 7.78. The summed E-state index contributed by atoms with van der Waals surface area (Å²) in [5.41, 5.74) is 5.37. The molecule has 7 aromatic rings. The number of furan rings is 1. The van der Waals surface area contributed by atoms with E-state index >= 15 is 0 Å². The van der Waals surface area contributed by atoms with Crippen LogP contribution >= 0.6 is 0 Å². The zero-order chi connectivity index (χ0) is 34.3. The molecule has 3 heterocycles. The first-order valence-corrected chi connectivity index (χ1v) is 16.0. The van der Waals surface area contributed by atoms with E-state index in [2.05, 4.69) is 33.2 Å². The van der Waals surface area contributed by atoms with Crippen molar-refractivity contribution >= 4 is 56.8 Å². The molecule has 3 N–H and O–H groups in total. The third kappa shape index (κ3) is 6.53. The minimum Gasteiger partial charge on any atom is -0.455 e. The van der Waals surface area contributed by atoms with Crippen LogP contribution in [0.4, 0.5) is 22.1 Å². The average molecular weight is 653 g/mol. The van der Waals surface area contributed by atoms with E-state index in [0.29, 0.717) is 22.9 Å². The van der Waals surface area contributed by atoms with Crippen LogP contribution in [-0.4, -0.2) is 32.2 Å². The number of nitrogens with one attached hydrogen (secondary N) is 3. The first-order chi connectivity index (χ1) is 23.4. The van der Waals surface area contributed by atoms with Crippen molar-refractivity contribution in [2.24, 2.45) is 0 Å². The second-order valence-electron chi connectivity index (χ2n) is 13.4. The van der Waals surface area contributed by atoms with Gasteiger partial charge in [0.05, 0.1) is 22.9 Å². The summed E-state index contributed by atoms with van der Waals surface area (Å²) < 4.78 is 13.4. The first-order valence-electron chi connectivity index (χ1n) is 16.0. The lowest BCUT2D eigenvalue weighted by Gasteiger charge is -2.29. The van der Waals surface area contributed by atoms with E-state index < -0.39 is 17.2 Å². The van der Waals surface area contributed by atoms with Crippen molar-refractivity contribution in [3.63, 3.8) is 0 Å². The van der Waals surface area contributed by atoms with Gasteiger partial charge >= 0.3 is 6.09 Å². The molecule has 0 bridgehead atoms. The Labute approximate surface area is 283 Å². The number of alkyl carbamates (subject to hydrolysis) is 1. The second kappa shape index (κ2) is 12.1. The predicted octanol–water partition coefficient (Wildman–Crippen LogP) is 9.05. The Morgan fingerprint density at radius 2 is 1.53 bits per heavy atom. The zero-order valence-corrected chi connectivity index (χ0v) is 27.9. The van der Waals surface area contributed by atoms with Crippen LogP contribution in [0, 0.1) is 0 Å². The molecule has 0 aliphatic carbocycles. The van der Waals surface area contributed by atoms with Crippen molar-refractivity contribution in [3.05, 3.63) is 120 Å². The molecule has 0 fully saturated rings. The van der Waals surface area contributed by atoms with Gasteiger partial charge in [0.15, 0.2) is 0 Å². The average Bonchev–Trinajstić information content (AvgIpc) is 3.69. The third-order valence-electron chi connectivity index (χ3n) is 8.12. The van der Waals surface area contributed by atoms with E-state index in [1.807, 2.05) is 113 Å². The minimum absolute atomic E-state index is 0.268. The van der Waals surface area contributed by atoms with Crippen molar-refractivity contribution in [1.82, 2.24) is 19.9 Å². The lowest BCUT2D eigenvalue weighted by atomic mass is 9.93. The number of carbonyl (C=O) groups excluding carboxylic acids is 2. The Morgan fingerprint density at radius 3 is 2.33 bits per heavy atom. The molecule has 2 amide bonds. The standard InChI is InChI=1S/C39H36N6O4/c1-38(2,3)49-37(47)44-39(4,5)25-18-16-24(17-19-25)35(46)41-26-10-8-11-27(22-26)42-36-43-32(23-28-20-21-40-45(28)36)31-14-9-13-30-29-12-6-7-15-33(29)48-34(30)31/h6-23H,1-5H3,(H,41,46)(H,42,43)(H,44,47). The molecule has 3 aromatic heterocycles. The molecule has 0 aliphatic rings. The van der Waals surface area contributed by atoms with Crippen molar-refractivity contribution < 1.29 is 18.7 Å². The number of carbonyl (C=O) groups is 2. The summed E-state index contributed by atoms with van der Waals surface area (Å²) in [6, 6.07) is 32.5. The lowest BCUT2D eigenvalue weighted by Crippen LogP contribution is -2.43. The maximum Gasteiger partial charge on any atom is 0.408 e. The summed E-state index contributed by atoms with van der Waals surface area (Å²) in [6.45, 7) is 9.21. The fourth-order valence-electron chi connectivity index (χ4n) is 5.78. The number of amides is 2. The summed E-state index contributed by atoms with van der Waals surface area (Å²) >= 11 is 0. The molecule has 0 aliphatic heterocycles. The molecule has 0 atom stereocenters. The Morgan fingerprint density at radius 1 is 0.796 bits per heavy atom. The highest BCUT2D eigenvalue weighted by Gasteiger charge is 2.26. The number of nitrogens with zero attached hydrogens (tertiary/aromatic N) is 3. The molecular formula is C39H36N6O4. The summed E-state index contributed by atoms with van der Waals surface area (Å²) in [7, 11) is 0. The summed E-state index contributed by atoms with van der Waals surface area (Å²) in [6.07, 6.45) is 1.22. The molecule has 0 saturated heterocycles. The fourth-order valence-corrected chi connectivity index (χ4v) is 5.78. The SMILES string of the molecule is CC(C)(C)OC(=O)NC(C)(C)c1ccc(C(=O)Nc2cccc(Nc3nc(-c4cccc5c4oc4ccccc45)cc4ccnn34)c2)cc1. The van der Waals surface area contributed by atoms with E-state index in [-0.39, 0.29) is 5.91 Å². The smallest absolute Gasteiger partial charge is 0.408 e. The van der Waals surface area contributed by atoms with Crippen LogP contribution in [-0.2, 0) is 10.3 Å². The van der Waals surface area contributed by atoms with Crippen LogP contribution in [0.15, 0.2) is 114 Å². The number of benzene rings is 4. The van der Waals surface area contributed by atoms with E-state index in [1.54, 1.807) is 22.8 Å². The van der Waals surface area contributed by atoms with Crippen LogP contribution in [0.5, 0.6) is 0 Å². The highest BCUT2D eigenvalue weighted by atomic mass is 16.6. The molecule has 0 unspecified atom stereocenters. The van der Waals surface area contributed by atoms with Gasteiger partial charge in [-0.3, -0.25) is 4.79 Å². The molecule has 0 spiro atoms. The van der Waals surface area contributed by atoms with Crippen LogP contribution in [0.3, 0.4) is 0 Å². The summed E-state index contributed by atoms with van der Waals surface area (Å²) in [4.78, 5) is 30.6. The van der Waals surface area contributed by atoms with Crippen LogP contribution in [0.25, 0.3) is 38.7 Å². The van der Waals surface area contributed by atoms with Gasteiger partial charge in [0, 0.05) is 33.3 Å². The number of ether oxygens (including phenoxy) is 1. The van der Waals surface area contributed by atoms with E-state index in [0.717, 1.165) is 44.3 Å². The van der Waals surface area contributed by atoms with Gasteiger partial charge in [0.1, 0.15) is 16.8 Å². The van der Waals surface area contributed by atoms with Gasteiger partial charge < -0.3 is 25.1 Å². The topological polar surface area (TPSA) is 123 Å². The maximum absolute atomic E-state index is 13.2. The molecule has 0 radical (unpaired) electrons. The molecular weight excluding hydrogens is 616 g/mol. The van der Waals surface area contributed by atoms with Gasteiger partial charge in [-0.15, -0.1) is 0 Å². The number of fused-ring (bicyclic) bond motifs is 4. The first kappa shape index (κ1) is 31.4. The third-order valence-corrected chi connectivity index (χ3v) is 8.12. The molecule has 10 heteroatoms. The van der Waals surface area contributed by atoms with Gasteiger partial charge in [0.2, 0.25) is 5.95 Å². The molecule has 246 valence electrons. The Balaban J connectivity index is 1.10. The monoisotopic (exact) mass is 652 g/mol. The summed E-state index contributed by atoms with van der Waals surface area (Å²) in [5, 5.41) is 15.8. The fraction of sp³-hybridized carbons (Fsp3) is 0.179. The number of hydrogen-bond acceptors (Lipinski definition) is 7. The maximum atomic E-state index is 13.2. The second-order valence-corrected chi connectivity index (χ2v) is 13.4. The van der Waals surface area contributed by atoms with Gasteiger partial charge in [-0.05, 0) is 94.8 Å². The minimum atomic E-state index is -0.707. The Hall–Kier alpha value is -6.16. The highest BCUT2D eigenvalue weighted by Crippen LogP contribution is 2.36. The van der Waals surface area contributed by atoms with Crippen LogP contribution in [0.1, 0.15) is 50.5 Å². The van der Waals surface area contributed by atoms with Gasteiger partial charge in [0.25, 0.3) is 5.91 Å². The molecule has 4 aromatic carbocycles. The highest BCUT2D eigenvalue weighted by molar-refractivity contribution is 6.09. The van der Waals surface area contributed by atoms with Crippen molar-refractivity contribution in [3.8, 4) is 11.3 Å². The number of hydrogen-bond donors (Lipinski definition) is 3. The molecule has 0 saturated carbocycles. The van der Waals surface area contributed by atoms with Crippen LogP contribution in [0.2, 0.25) is 0 Å². The normalized spacial score (nSPS) is 11.9. The van der Waals surface area contributed by atoms with E-state index in [4.69, 9.17) is 14.1 Å². The van der Waals surface area contributed by atoms with Gasteiger partial charge in [-0.25, -0.2) is 14.3 Å². The van der Waals surface area contributed by atoms with E-state index in [9.17, 15) is 9.59 Å². The number of rotatable bonds is 7. The van der Waals surface area contributed by atoms with Crippen molar-refractivity contribution in [2.45, 2.75) is 45.8 Å². The lowest BCUT2D eigenvalue weighted by molar-refractivity contribution is 0.0470. The van der Waals surface area contributed by atoms with Crippen molar-refractivity contribution in [2.75, 3.05) is 10.6 Å². The number of anilines is 3. The number of aromatic nitrogens is 3. The van der Waals surface area contributed by atoms with E-state index in [1.165, 1.54) is 0 Å². The van der Waals surface area contributed by atoms with Crippen molar-refractivity contribution in [1.29, 1.82) is 0 Å². The molecule has 49 heavy (non-hydrogen) atoms. The molecule has 10 nitrogen and oxygen atoms in total. The van der Waals surface area contributed by atoms with Gasteiger partial charge in [-0.2, -0.15) is 5.10 Å². The quantitative estimate of drug-likeness (QED) is 0.157.